The summed E-state index contributed by atoms with van der Waals surface area (Å²) in [6.45, 7) is 0.675. The zero-order chi connectivity index (χ0) is 13.9. The summed E-state index contributed by atoms with van der Waals surface area (Å²) in [5, 5.41) is 1.90. The molecule has 0 aliphatic heterocycles. The van der Waals surface area contributed by atoms with Gasteiger partial charge < -0.3 is 5.73 Å². The van der Waals surface area contributed by atoms with E-state index in [0.29, 0.717) is 6.54 Å². The molecule has 0 saturated carbocycles. The molecule has 4 nitrogen and oxygen atoms in total. The van der Waals surface area contributed by atoms with Gasteiger partial charge in [-0.15, -0.1) is 11.3 Å². The Hall–Kier alpha value is -2.14. The van der Waals surface area contributed by atoms with E-state index in [-0.39, 0.29) is 5.56 Å². The molecule has 2 aromatic heterocycles. The molecule has 2 heterocycles. The smallest absolute Gasteiger partial charge is 0.271 e. The molecule has 0 aliphatic rings. The van der Waals surface area contributed by atoms with Crippen molar-refractivity contribution in [3.05, 3.63) is 58.0 Å². The van der Waals surface area contributed by atoms with Crippen LogP contribution in [0.25, 0.3) is 10.2 Å². The zero-order valence-electron chi connectivity index (χ0n) is 11.0. The molecule has 0 saturated heterocycles. The number of rotatable bonds is 4. The number of nitrogen functional groups attached to an aromatic ring is 1. The van der Waals surface area contributed by atoms with Crippen molar-refractivity contribution in [1.82, 2.24) is 9.55 Å². The number of hydrogen-bond donors (Lipinski definition) is 1. The summed E-state index contributed by atoms with van der Waals surface area (Å²) in [6.07, 6.45) is 3.43. The fraction of sp³-hybridized carbons (Fsp3) is 0.200. The number of hydrogen-bond acceptors (Lipinski definition) is 4. The van der Waals surface area contributed by atoms with Gasteiger partial charge in [0.2, 0.25) is 0 Å². The first-order valence-electron chi connectivity index (χ1n) is 6.51. The van der Waals surface area contributed by atoms with Crippen molar-refractivity contribution in [2.24, 2.45) is 0 Å². The minimum atomic E-state index is 0.0533. The van der Waals surface area contributed by atoms with Crippen LogP contribution < -0.4 is 11.3 Å². The molecule has 0 fully saturated rings. The van der Waals surface area contributed by atoms with E-state index < -0.39 is 0 Å². The van der Waals surface area contributed by atoms with Gasteiger partial charge in [0, 0.05) is 12.2 Å². The maximum Gasteiger partial charge on any atom is 0.271 e. The fourth-order valence-corrected chi connectivity index (χ4v) is 3.03. The Balaban J connectivity index is 1.71. The molecular formula is C15H15N3OS. The summed E-state index contributed by atoms with van der Waals surface area (Å²) < 4.78 is 2.42. The Morgan fingerprint density at radius 1 is 1.30 bits per heavy atom. The summed E-state index contributed by atoms with van der Waals surface area (Å²) in [7, 11) is 0. The summed E-state index contributed by atoms with van der Waals surface area (Å²) in [4.78, 5) is 16.5. The summed E-state index contributed by atoms with van der Waals surface area (Å²) in [5.41, 5.74) is 8.57. The van der Waals surface area contributed by atoms with Crippen molar-refractivity contribution in [2.45, 2.75) is 19.4 Å². The molecule has 3 aromatic rings. The second-order valence-corrected chi connectivity index (χ2v) is 5.64. The second-order valence-electron chi connectivity index (χ2n) is 4.73. The van der Waals surface area contributed by atoms with Crippen LogP contribution in [-0.2, 0) is 13.0 Å². The molecule has 20 heavy (non-hydrogen) atoms. The summed E-state index contributed by atoms with van der Waals surface area (Å²) >= 11 is 1.45. The highest BCUT2D eigenvalue weighted by Crippen LogP contribution is 2.13. The van der Waals surface area contributed by atoms with E-state index >= 15 is 0 Å². The third kappa shape index (κ3) is 2.58. The third-order valence-corrected chi connectivity index (χ3v) is 4.14. The van der Waals surface area contributed by atoms with E-state index in [4.69, 9.17) is 5.73 Å². The molecule has 5 heteroatoms. The minimum Gasteiger partial charge on any atom is -0.399 e. The number of aryl methyl sites for hydroxylation is 2. The lowest BCUT2D eigenvalue weighted by atomic mass is 10.1. The maximum absolute atomic E-state index is 12.2. The summed E-state index contributed by atoms with van der Waals surface area (Å²) in [5.74, 6) is 0. The fourth-order valence-electron chi connectivity index (χ4n) is 2.24. The highest BCUT2D eigenvalue weighted by molar-refractivity contribution is 7.17. The molecule has 0 spiro atoms. The standard InChI is InChI=1S/C15H15N3OS/c16-12-5-1-3-11(9-12)4-2-7-18-10-17-13-6-8-20-14(13)15(18)19/h1,3,5-6,8-10H,2,4,7,16H2. The van der Waals surface area contributed by atoms with Gasteiger partial charge in [-0.2, -0.15) is 0 Å². The predicted molar refractivity (Wildman–Crippen MR) is 83.1 cm³/mol. The summed E-state index contributed by atoms with van der Waals surface area (Å²) in [6, 6.07) is 9.74. The van der Waals surface area contributed by atoms with E-state index in [1.165, 1.54) is 16.9 Å². The van der Waals surface area contributed by atoms with E-state index in [0.717, 1.165) is 28.7 Å². The Labute approximate surface area is 120 Å². The molecular weight excluding hydrogens is 270 g/mol. The maximum atomic E-state index is 12.2. The van der Waals surface area contributed by atoms with Crippen LogP contribution in [0.15, 0.2) is 46.8 Å². The topological polar surface area (TPSA) is 60.9 Å². The predicted octanol–water partition coefficient (Wildman–Crippen LogP) is 2.67. The van der Waals surface area contributed by atoms with Gasteiger partial charge >= 0.3 is 0 Å². The van der Waals surface area contributed by atoms with Crippen LogP contribution in [-0.4, -0.2) is 9.55 Å². The number of aromatic nitrogens is 2. The van der Waals surface area contributed by atoms with Gasteiger partial charge in [0.15, 0.2) is 0 Å². The average molecular weight is 285 g/mol. The first-order valence-corrected chi connectivity index (χ1v) is 7.39. The van der Waals surface area contributed by atoms with E-state index in [1.807, 2.05) is 29.6 Å². The Kier molecular flexibility index (Phi) is 3.52. The van der Waals surface area contributed by atoms with Gasteiger partial charge in [-0.25, -0.2) is 4.98 Å². The number of thiophene rings is 1. The van der Waals surface area contributed by atoms with Crippen LogP contribution in [0.1, 0.15) is 12.0 Å². The monoisotopic (exact) mass is 285 g/mol. The van der Waals surface area contributed by atoms with Crippen molar-refractivity contribution in [3.8, 4) is 0 Å². The normalized spacial score (nSPS) is 11.0. The van der Waals surface area contributed by atoms with Gasteiger partial charge in [0.05, 0.1) is 11.8 Å². The van der Waals surface area contributed by atoms with E-state index in [9.17, 15) is 4.79 Å². The molecule has 102 valence electrons. The highest BCUT2D eigenvalue weighted by atomic mass is 32.1. The molecule has 2 N–H and O–H groups in total. The van der Waals surface area contributed by atoms with Gasteiger partial charge in [0.1, 0.15) is 4.70 Å². The molecule has 0 amide bonds. The van der Waals surface area contributed by atoms with Gasteiger partial charge in [-0.3, -0.25) is 9.36 Å². The molecule has 1 aromatic carbocycles. The molecule has 0 radical (unpaired) electrons. The molecule has 0 bridgehead atoms. The van der Waals surface area contributed by atoms with Crippen LogP contribution in [0.4, 0.5) is 5.69 Å². The van der Waals surface area contributed by atoms with Crippen molar-refractivity contribution < 1.29 is 0 Å². The number of benzene rings is 1. The Morgan fingerprint density at radius 2 is 2.20 bits per heavy atom. The first kappa shape index (κ1) is 12.9. The number of anilines is 1. The number of nitrogens with zero attached hydrogens (tertiary/aromatic N) is 2. The van der Waals surface area contributed by atoms with Gasteiger partial charge in [0.25, 0.3) is 5.56 Å². The van der Waals surface area contributed by atoms with Crippen molar-refractivity contribution in [1.29, 1.82) is 0 Å². The number of fused-ring (bicyclic) bond motifs is 1. The lowest BCUT2D eigenvalue weighted by molar-refractivity contribution is 0.618. The first-order chi connectivity index (χ1) is 9.74. The second kappa shape index (κ2) is 5.46. The minimum absolute atomic E-state index is 0.0533. The van der Waals surface area contributed by atoms with Crippen molar-refractivity contribution in [2.75, 3.05) is 5.73 Å². The highest BCUT2D eigenvalue weighted by Gasteiger charge is 2.04. The molecule has 0 unspecified atom stereocenters. The van der Waals surface area contributed by atoms with E-state index in [1.54, 1.807) is 10.9 Å². The van der Waals surface area contributed by atoms with Crippen LogP contribution in [0.2, 0.25) is 0 Å². The lowest BCUT2D eigenvalue weighted by Gasteiger charge is -2.05. The van der Waals surface area contributed by atoms with Crippen LogP contribution in [0, 0.1) is 0 Å². The Bertz CT molecular complexity index is 791. The van der Waals surface area contributed by atoms with Crippen LogP contribution in [0.3, 0.4) is 0 Å². The quantitative estimate of drug-likeness (QED) is 0.750. The van der Waals surface area contributed by atoms with Crippen molar-refractivity contribution in [3.63, 3.8) is 0 Å². The van der Waals surface area contributed by atoms with Crippen LogP contribution >= 0.6 is 11.3 Å². The van der Waals surface area contributed by atoms with E-state index in [2.05, 4.69) is 11.1 Å². The Morgan fingerprint density at radius 3 is 3.05 bits per heavy atom. The lowest BCUT2D eigenvalue weighted by Crippen LogP contribution is -2.19. The SMILES string of the molecule is Nc1cccc(CCCn2cnc3ccsc3c2=O)c1. The van der Waals surface area contributed by atoms with Crippen molar-refractivity contribution >= 4 is 27.2 Å². The van der Waals surface area contributed by atoms with Gasteiger partial charge in [-0.05, 0) is 42.0 Å². The van der Waals surface area contributed by atoms with Gasteiger partial charge in [-0.1, -0.05) is 12.1 Å². The third-order valence-electron chi connectivity index (χ3n) is 3.25. The number of nitrogens with two attached hydrogens (primary N) is 1. The zero-order valence-corrected chi connectivity index (χ0v) is 11.8. The largest absolute Gasteiger partial charge is 0.399 e. The molecule has 0 aliphatic carbocycles. The van der Waals surface area contributed by atoms with Crippen LogP contribution in [0.5, 0.6) is 0 Å². The molecule has 3 rings (SSSR count). The average Bonchev–Trinajstić information content (AvgIpc) is 2.91. The molecule has 0 atom stereocenters.